The zero-order valence-corrected chi connectivity index (χ0v) is 15.4. The van der Waals surface area contributed by atoms with Gasteiger partial charge in [0.2, 0.25) is 0 Å². The minimum Gasteiger partial charge on any atom is -0.493 e. The first-order valence-corrected chi connectivity index (χ1v) is 8.21. The fourth-order valence-electron chi connectivity index (χ4n) is 2.31. The van der Waals surface area contributed by atoms with Crippen LogP contribution in [0.5, 0.6) is 11.5 Å². The van der Waals surface area contributed by atoms with Crippen molar-refractivity contribution in [1.29, 1.82) is 0 Å². The molecule has 0 saturated heterocycles. The second-order valence-corrected chi connectivity index (χ2v) is 5.60. The van der Waals surface area contributed by atoms with E-state index in [0.29, 0.717) is 6.07 Å². The van der Waals surface area contributed by atoms with E-state index >= 15 is 0 Å². The first kappa shape index (κ1) is 22.5. The highest BCUT2D eigenvalue weighted by atomic mass is 19.3. The number of nitro groups is 1. The lowest BCUT2D eigenvalue weighted by molar-refractivity contribution is -0.385. The van der Waals surface area contributed by atoms with Crippen LogP contribution in [0.15, 0.2) is 36.4 Å². The average molecular weight is 428 g/mol. The van der Waals surface area contributed by atoms with Crippen molar-refractivity contribution in [3.63, 3.8) is 0 Å². The van der Waals surface area contributed by atoms with Crippen molar-refractivity contribution in [3.05, 3.63) is 63.5 Å². The fraction of sp³-hybridized carbons (Fsp3) is 0.222. The highest BCUT2D eigenvalue weighted by Gasteiger charge is 2.27. The molecular formula is C18H15F3N2O7. The van der Waals surface area contributed by atoms with Crippen molar-refractivity contribution >= 4 is 17.6 Å². The Morgan fingerprint density at radius 3 is 2.50 bits per heavy atom. The monoisotopic (exact) mass is 428 g/mol. The zero-order chi connectivity index (χ0) is 22.3. The molecule has 12 heteroatoms. The number of nitrogens with one attached hydrogen (secondary N) is 1. The van der Waals surface area contributed by atoms with Crippen LogP contribution in [-0.2, 0) is 16.1 Å². The van der Waals surface area contributed by atoms with Crippen LogP contribution in [0.25, 0.3) is 0 Å². The number of carbonyl (C=O) groups excluding carboxylic acids is 2. The van der Waals surface area contributed by atoms with Gasteiger partial charge in [0.15, 0.2) is 18.1 Å². The first-order valence-electron chi connectivity index (χ1n) is 8.21. The summed E-state index contributed by atoms with van der Waals surface area (Å²) in [7, 11) is 1.07. The van der Waals surface area contributed by atoms with Crippen LogP contribution in [0.3, 0.4) is 0 Å². The summed E-state index contributed by atoms with van der Waals surface area (Å²) in [5.74, 6) is -3.64. The van der Waals surface area contributed by atoms with Crippen molar-refractivity contribution in [3.8, 4) is 11.5 Å². The Bertz CT molecular complexity index is 953. The molecule has 0 aromatic heterocycles. The maximum Gasteiger partial charge on any atom is 0.387 e. The number of carbonyl (C=O) groups is 2. The predicted molar refractivity (Wildman–Crippen MR) is 94.8 cm³/mol. The quantitative estimate of drug-likeness (QED) is 0.371. The molecule has 0 bridgehead atoms. The van der Waals surface area contributed by atoms with Crippen LogP contribution in [0.4, 0.5) is 18.9 Å². The lowest BCUT2D eigenvalue weighted by Crippen LogP contribution is -2.28. The molecule has 0 aliphatic heterocycles. The molecular weight excluding hydrogens is 413 g/mol. The molecule has 1 N–H and O–H groups in total. The Hall–Kier alpha value is -3.83. The van der Waals surface area contributed by atoms with Gasteiger partial charge in [-0.15, -0.1) is 0 Å². The van der Waals surface area contributed by atoms with Gasteiger partial charge in [-0.25, -0.2) is 9.18 Å². The van der Waals surface area contributed by atoms with Gasteiger partial charge >= 0.3 is 12.6 Å². The smallest absolute Gasteiger partial charge is 0.387 e. The first-order chi connectivity index (χ1) is 14.2. The number of alkyl halides is 2. The molecule has 0 radical (unpaired) electrons. The Morgan fingerprint density at radius 1 is 1.20 bits per heavy atom. The molecule has 0 unspecified atom stereocenters. The van der Waals surface area contributed by atoms with Crippen molar-refractivity contribution in [1.82, 2.24) is 5.32 Å². The predicted octanol–water partition coefficient (Wildman–Crippen LogP) is 2.82. The second-order valence-electron chi connectivity index (χ2n) is 5.60. The van der Waals surface area contributed by atoms with Crippen molar-refractivity contribution < 1.29 is 41.9 Å². The topological polar surface area (TPSA) is 117 Å². The van der Waals surface area contributed by atoms with Gasteiger partial charge in [-0.2, -0.15) is 8.78 Å². The van der Waals surface area contributed by atoms with Crippen LogP contribution in [0, 0.1) is 15.9 Å². The zero-order valence-electron chi connectivity index (χ0n) is 15.4. The number of esters is 1. The van der Waals surface area contributed by atoms with Gasteiger partial charge in [0.25, 0.3) is 11.6 Å². The van der Waals surface area contributed by atoms with E-state index in [2.05, 4.69) is 10.1 Å². The summed E-state index contributed by atoms with van der Waals surface area (Å²) in [6, 6.07) is 7.06. The Balaban J connectivity index is 2.09. The van der Waals surface area contributed by atoms with Gasteiger partial charge < -0.3 is 19.5 Å². The van der Waals surface area contributed by atoms with E-state index in [1.807, 2.05) is 0 Å². The standard InChI is InChI=1S/C18H15F3N2O7/c1-28-14-6-11(13(23(26)27)7-15(14)30-18(20)21)17(25)29-9-16(24)22-8-10-4-2-3-5-12(10)19/h2-7,18H,8-9H2,1H3,(H,22,24). The van der Waals surface area contributed by atoms with Crippen LogP contribution < -0.4 is 14.8 Å². The lowest BCUT2D eigenvalue weighted by Gasteiger charge is -2.12. The van der Waals surface area contributed by atoms with E-state index in [4.69, 9.17) is 9.47 Å². The van der Waals surface area contributed by atoms with Gasteiger partial charge in [-0.05, 0) is 6.07 Å². The summed E-state index contributed by atoms with van der Waals surface area (Å²) in [5, 5.41) is 13.5. The summed E-state index contributed by atoms with van der Waals surface area (Å²) < 4.78 is 52.1. The van der Waals surface area contributed by atoms with Gasteiger partial charge in [-0.3, -0.25) is 14.9 Å². The molecule has 2 aromatic rings. The molecule has 0 aliphatic carbocycles. The van der Waals surface area contributed by atoms with E-state index in [1.54, 1.807) is 6.07 Å². The largest absolute Gasteiger partial charge is 0.493 e. The maximum atomic E-state index is 13.5. The minimum absolute atomic E-state index is 0.170. The van der Waals surface area contributed by atoms with E-state index in [-0.39, 0.29) is 17.9 Å². The van der Waals surface area contributed by atoms with Gasteiger partial charge in [0.1, 0.15) is 11.4 Å². The molecule has 0 spiro atoms. The summed E-state index contributed by atoms with van der Waals surface area (Å²) in [6.45, 7) is -4.27. The van der Waals surface area contributed by atoms with E-state index in [1.165, 1.54) is 18.2 Å². The number of methoxy groups -OCH3 is 1. The number of halogens is 3. The van der Waals surface area contributed by atoms with Crippen LogP contribution in [0.1, 0.15) is 15.9 Å². The number of rotatable bonds is 9. The van der Waals surface area contributed by atoms with Crippen molar-refractivity contribution in [2.24, 2.45) is 0 Å². The second kappa shape index (κ2) is 10.1. The molecule has 0 aliphatic rings. The van der Waals surface area contributed by atoms with Gasteiger partial charge in [0, 0.05) is 18.2 Å². The normalized spacial score (nSPS) is 10.4. The lowest BCUT2D eigenvalue weighted by atomic mass is 10.1. The van der Waals surface area contributed by atoms with Crippen LogP contribution in [-0.4, -0.2) is 37.1 Å². The number of hydrogen-bond donors (Lipinski definition) is 1. The number of ether oxygens (including phenoxy) is 3. The Labute approximate surface area is 167 Å². The Kier molecular flexibility index (Phi) is 7.56. The number of benzene rings is 2. The number of hydrogen-bond acceptors (Lipinski definition) is 7. The Morgan fingerprint density at radius 2 is 1.90 bits per heavy atom. The minimum atomic E-state index is -3.28. The van der Waals surface area contributed by atoms with E-state index in [0.717, 1.165) is 13.2 Å². The number of amides is 1. The molecule has 9 nitrogen and oxygen atoms in total. The molecule has 0 heterocycles. The molecule has 160 valence electrons. The average Bonchev–Trinajstić information content (AvgIpc) is 2.70. The maximum absolute atomic E-state index is 13.5. The van der Waals surface area contributed by atoms with Crippen LogP contribution in [0.2, 0.25) is 0 Å². The van der Waals surface area contributed by atoms with Crippen molar-refractivity contribution in [2.75, 3.05) is 13.7 Å². The summed E-state index contributed by atoms with van der Waals surface area (Å²) >= 11 is 0. The third-order valence-corrected chi connectivity index (χ3v) is 3.68. The molecule has 1 amide bonds. The highest BCUT2D eigenvalue weighted by Crippen LogP contribution is 2.36. The van der Waals surface area contributed by atoms with E-state index < -0.39 is 52.8 Å². The summed E-state index contributed by atoms with van der Waals surface area (Å²) in [6.07, 6.45) is 0. The fourth-order valence-corrected chi connectivity index (χ4v) is 2.31. The molecule has 2 rings (SSSR count). The SMILES string of the molecule is COc1cc(C(=O)OCC(=O)NCc2ccccc2F)c([N+](=O)[O-])cc1OC(F)F. The summed E-state index contributed by atoms with van der Waals surface area (Å²) in [4.78, 5) is 34.2. The number of nitro benzene ring substituents is 1. The summed E-state index contributed by atoms with van der Waals surface area (Å²) in [5.41, 5.74) is -1.32. The van der Waals surface area contributed by atoms with Gasteiger partial charge in [-0.1, -0.05) is 18.2 Å². The molecule has 0 atom stereocenters. The van der Waals surface area contributed by atoms with Crippen LogP contribution >= 0.6 is 0 Å². The molecule has 0 fully saturated rings. The van der Waals surface area contributed by atoms with Gasteiger partial charge in [0.05, 0.1) is 18.1 Å². The van der Waals surface area contributed by atoms with Crippen molar-refractivity contribution in [2.45, 2.75) is 13.2 Å². The third-order valence-electron chi connectivity index (χ3n) is 3.68. The van der Waals surface area contributed by atoms with E-state index in [9.17, 15) is 32.9 Å². The number of nitrogens with zero attached hydrogens (tertiary/aromatic N) is 1. The highest BCUT2D eigenvalue weighted by molar-refractivity contribution is 5.96. The molecule has 0 saturated carbocycles. The molecule has 30 heavy (non-hydrogen) atoms. The third kappa shape index (κ3) is 5.83. The molecule has 2 aromatic carbocycles.